The minimum atomic E-state index is 0.922. The van der Waals surface area contributed by atoms with Gasteiger partial charge in [0.1, 0.15) is 0 Å². The SMILES string of the molecule is c1ccc(-c2ccc(CN3CCN(Cc4cncs4)CC3)cn2)nc1. The van der Waals surface area contributed by atoms with Crippen LogP contribution in [0.4, 0.5) is 0 Å². The fourth-order valence-electron chi connectivity index (χ4n) is 3.09. The van der Waals surface area contributed by atoms with Gasteiger partial charge in [0.25, 0.3) is 0 Å². The Labute approximate surface area is 152 Å². The largest absolute Gasteiger partial charge is 0.296 e. The smallest absolute Gasteiger partial charge is 0.0886 e. The lowest BCUT2D eigenvalue weighted by atomic mass is 10.2. The Hall–Kier alpha value is -2.15. The maximum atomic E-state index is 4.57. The lowest BCUT2D eigenvalue weighted by molar-refractivity contribution is 0.122. The molecule has 0 atom stereocenters. The molecule has 0 radical (unpaired) electrons. The van der Waals surface area contributed by atoms with E-state index in [4.69, 9.17) is 0 Å². The zero-order chi connectivity index (χ0) is 16.9. The second-order valence-electron chi connectivity index (χ2n) is 6.29. The lowest BCUT2D eigenvalue weighted by Crippen LogP contribution is -2.45. The first-order valence-corrected chi connectivity index (χ1v) is 9.43. The molecule has 3 aromatic heterocycles. The van der Waals surface area contributed by atoms with Crippen molar-refractivity contribution >= 4 is 11.3 Å². The van der Waals surface area contributed by atoms with E-state index >= 15 is 0 Å². The van der Waals surface area contributed by atoms with Gasteiger partial charge in [-0.25, -0.2) is 0 Å². The molecule has 0 spiro atoms. The van der Waals surface area contributed by atoms with E-state index in [0.29, 0.717) is 0 Å². The molecule has 0 amide bonds. The summed E-state index contributed by atoms with van der Waals surface area (Å²) in [4.78, 5) is 19.4. The van der Waals surface area contributed by atoms with Crippen LogP contribution < -0.4 is 0 Å². The molecule has 3 aromatic rings. The summed E-state index contributed by atoms with van der Waals surface area (Å²) in [6, 6.07) is 10.1. The minimum Gasteiger partial charge on any atom is -0.296 e. The molecule has 1 aliphatic heterocycles. The number of aromatic nitrogens is 3. The van der Waals surface area contributed by atoms with E-state index in [9.17, 15) is 0 Å². The van der Waals surface area contributed by atoms with Gasteiger partial charge in [0.2, 0.25) is 0 Å². The van der Waals surface area contributed by atoms with Gasteiger partial charge in [-0.2, -0.15) is 0 Å². The quantitative estimate of drug-likeness (QED) is 0.707. The molecule has 1 fully saturated rings. The summed E-state index contributed by atoms with van der Waals surface area (Å²) >= 11 is 1.74. The second kappa shape index (κ2) is 7.82. The van der Waals surface area contributed by atoms with Crippen LogP contribution in [0.1, 0.15) is 10.4 Å². The summed E-state index contributed by atoms with van der Waals surface area (Å²) in [6.45, 7) is 6.40. The standard InChI is InChI=1S/C19H21N5S/c1-2-6-21-18(3-1)19-5-4-16(11-22-19)13-23-7-9-24(10-8-23)14-17-12-20-15-25-17/h1-6,11-12,15H,7-10,13-14H2. The van der Waals surface area contributed by atoms with Crippen LogP contribution in [0.2, 0.25) is 0 Å². The predicted molar refractivity (Wildman–Crippen MR) is 100 cm³/mol. The fourth-order valence-corrected chi connectivity index (χ4v) is 3.72. The Kier molecular flexibility index (Phi) is 5.11. The molecular weight excluding hydrogens is 330 g/mol. The lowest BCUT2D eigenvalue weighted by Gasteiger charge is -2.34. The summed E-state index contributed by atoms with van der Waals surface area (Å²) in [6.07, 6.45) is 5.76. The summed E-state index contributed by atoms with van der Waals surface area (Å²) in [7, 11) is 0. The van der Waals surface area contributed by atoms with Crippen LogP contribution in [0.15, 0.2) is 54.4 Å². The van der Waals surface area contributed by atoms with Crippen molar-refractivity contribution in [2.24, 2.45) is 0 Å². The molecular formula is C19H21N5S. The molecule has 1 saturated heterocycles. The van der Waals surface area contributed by atoms with Crippen molar-refractivity contribution < 1.29 is 0 Å². The summed E-state index contributed by atoms with van der Waals surface area (Å²) in [5.41, 5.74) is 5.02. The van der Waals surface area contributed by atoms with Crippen molar-refractivity contribution in [3.63, 3.8) is 0 Å². The van der Waals surface area contributed by atoms with Crippen molar-refractivity contribution in [2.45, 2.75) is 13.1 Å². The third-order valence-electron chi connectivity index (χ3n) is 4.49. The maximum Gasteiger partial charge on any atom is 0.0886 e. The Morgan fingerprint density at radius 1 is 0.840 bits per heavy atom. The van der Waals surface area contributed by atoms with E-state index in [2.05, 4.69) is 36.9 Å². The van der Waals surface area contributed by atoms with E-state index in [0.717, 1.165) is 50.7 Å². The first kappa shape index (κ1) is 16.3. The zero-order valence-electron chi connectivity index (χ0n) is 14.1. The average molecular weight is 351 g/mol. The summed E-state index contributed by atoms with van der Waals surface area (Å²) in [5.74, 6) is 0. The van der Waals surface area contributed by atoms with Gasteiger partial charge >= 0.3 is 0 Å². The molecule has 6 heteroatoms. The fraction of sp³-hybridized carbons (Fsp3) is 0.316. The van der Waals surface area contributed by atoms with Crippen LogP contribution in [0, 0.1) is 0 Å². The van der Waals surface area contributed by atoms with Gasteiger partial charge in [0.15, 0.2) is 0 Å². The molecule has 4 heterocycles. The molecule has 0 saturated carbocycles. The zero-order valence-corrected chi connectivity index (χ0v) is 14.9. The Morgan fingerprint density at radius 2 is 1.64 bits per heavy atom. The van der Waals surface area contributed by atoms with Crippen LogP contribution in [-0.4, -0.2) is 50.9 Å². The van der Waals surface area contributed by atoms with Gasteiger partial charge in [0, 0.05) is 62.7 Å². The number of hydrogen-bond acceptors (Lipinski definition) is 6. The number of hydrogen-bond donors (Lipinski definition) is 0. The number of rotatable bonds is 5. The normalized spacial score (nSPS) is 16.2. The second-order valence-corrected chi connectivity index (χ2v) is 7.26. The van der Waals surface area contributed by atoms with Crippen LogP contribution >= 0.6 is 11.3 Å². The Morgan fingerprint density at radius 3 is 2.28 bits per heavy atom. The molecule has 0 bridgehead atoms. The van der Waals surface area contributed by atoms with Crippen LogP contribution in [0.3, 0.4) is 0 Å². The molecule has 5 nitrogen and oxygen atoms in total. The van der Waals surface area contributed by atoms with Crippen molar-refractivity contribution in [1.29, 1.82) is 0 Å². The van der Waals surface area contributed by atoms with Gasteiger partial charge in [-0.1, -0.05) is 12.1 Å². The minimum absolute atomic E-state index is 0.922. The highest BCUT2D eigenvalue weighted by atomic mass is 32.1. The molecule has 1 aliphatic rings. The number of piperazine rings is 1. The number of nitrogens with zero attached hydrogens (tertiary/aromatic N) is 5. The third kappa shape index (κ3) is 4.28. The third-order valence-corrected chi connectivity index (χ3v) is 5.25. The van der Waals surface area contributed by atoms with Crippen molar-refractivity contribution in [3.8, 4) is 11.4 Å². The first-order chi connectivity index (χ1) is 12.4. The summed E-state index contributed by atoms with van der Waals surface area (Å²) < 4.78 is 0. The van der Waals surface area contributed by atoms with Crippen molar-refractivity contribution in [1.82, 2.24) is 24.8 Å². The molecule has 0 unspecified atom stereocenters. The molecule has 0 aromatic carbocycles. The van der Waals surface area contributed by atoms with Gasteiger partial charge in [-0.05, 0) is 23.8 Å². The van der Waals surface area contributed by atoms with Crippen LogP contribution in [-0.2, 0) is 13.1 Å². The topological polar surface area (TPSA) is 45.2 Å². The van der Waals surface area contributed by atoms with E-state index in [1.807, 2.05) is 36.1 Å². The van der Waals surface area contributed by atoms with E-state index in [1.54, 1.807) is 17.5 Å². The average Bonchev–Trinajstić information content (AvgIpc) is 3.18. The highest BCUT2D eigenvalue weighted by Crippen LogP contribution is 2.16. The molecule has 128 valence electrons. The van der Waals surface area contributed by atoms with Crippen molar-refractivity contribution in [3.05, 3.63) is 64.9 Å². The van der Waals surface area contributed by atoms with Gasteiger partial charge < -0.3 is 0 Å². The monoisotopic (exact) mass is 351 g/mol. The Bertz CT molecular complexity index is 765. The van der Waals surface area contributed by atoms with Crippen molar-refractivity contribution in [2.75, 3.05) is 26.2 Å². The number of thiazole rings is 1. The van der Waals surface area contributed by atoms with Gasteiger partial charge in [-0.15, -0.1) is 11.3 Å². The van der Waals surface area contributed by atoms with E-state index in [1.165, 1.54) is 10.4 Å². The van der Waals surface area contributed by atoms with Gasteiger partial charge in [0.05, 0.1) is 16.9 Å². The predicted octanol–water partition coefficient (Wildman–Crippen LogP) is 2.92. The van der Waals surface area contributed by atoms with Crippen LogP contribution in [0.25, 0.3) is 11.4 Å². The number of pyridine rings is 2. The molecule has 4 rings (SSSR count). The Balaban J connectivity index is 1.30. The van der Waals surface area contributed by atoms with Crippen LogP contribution in [0.5, 0.6) is 0 Å². The molecule has 0 aliphatic carbocycles. The highest BCUT2D eigenvalue weighted by Gasteiger charge is 2.17. The summed E-state index contributed by atoms with van der Waals surface area (Å²) in [5, 5.41) is 0. The molecule has 25 heavy (non-hydrogen) atoms. The maximum absolute atomic E-state index is 4.57. The van der Waals surface area contributed by atoms with Gasteiger partial charge in [-0.3, -0.25) is 24.8 Å². The van der Waals surface area contributed by atoms with E-state index in [-0.39, 0.29) is 0 Å². The van der Waals surface area contributed by atoms with E-state index < -0.39 is 0 Å². The first-order valence-electron chi connectivity index (χ1n) is 8.55. The molecule has 0 N–H and O–H groups in total. The highest BCUT2D eigenvalue weighted by molar-refractivity contribution is 7.09.